The molecule has 0 aliphatic carbocycles. The van der Waals surface area contributed by atoms with E-state index in [4.69, 9.17) is 62.1 Å². The predicted octanol–water partition coefficient (Wildman–Crippen LogP) is -8.34. The predicted molar refractivity (Wildman–Crippen MR) is 514 cm³/mol. The van der Waals surface area contributed by atoms with Crippen molar-refractivity contribution in [1.29, 1.82) is 16.2 Å². The quantitative estimate of drug-likeness (QED) is 0.0142. The minimum absolute atomic E-state index is 0.000339. The molecule has 140 heavy (non-hydrogen) atoms. The van der Waals surface area contributed by atoms with E-state index in [1.807, 2.05) is 0 Å². The van der Waals surface area contributed by atoms with Gasteiger partial charge in [0.1, 0.15) is 84.6 Å². The lowest BCUT2D eigenvalue weighted by Crippen LogP contribution is -2.61. The van der Waals surface area contributed by atoms with E-state index in [1.54, 1.807) is 94.7 Å². The molecule has 774 valence electrons. The number of carboxylic acid groups (broad SMARTS) is 1. The average Bonchev–Trinajstić information content (AvgIpc) is 1.67. The van der Waals surface area contributed by atoms with Crippen LogP contribution >= 0.6 is 11.8 Å². The summed E-state index contributed by atoms with van der Waals surface area (Å²) in [5.74, 6) is -21.1. The van der Waals surface area contributed by atoms with Crippen LogP contribution in [0, 0.1) is 28.1 Å². The van der Waals surface area contributed by atoms with Crippen LogP contribution in [-0.2, 0) is 104 Å². The number of likely N-dealkylation sites (tertiary alicyclic amines) is 2. The Morgan fingerprint density at radius 3 is 1.32 bits per heavy atom. The van der Waals surface area contributed by atoms with Gasteiger partial charge < -0.3 is 156 Å². The van der Waals surface area contributed by atoms with Crippen LogP contribution in [-0.4, -0.2) is 310 Å². The van der Waals surface area contributed by atoms with E-state index in [2.05, 4.69) is 90.1 Å². The molecule has 38 N–H and O–H groups in total. The summed E-state index contributed by atoms with van der Waals surface area (Å²) < 4.78 is 0. The molecule has 5 rings (SSSR count). The van der Waals surface area contributed by atoms with Crippen molar-refractivity contribution >= 4 is 153 Å². The number of aliphatic hydroxyl groups excluding tert-OH is 1. The molecule has 0 spiro atoms. The Hall–Kier alpha value is -14.0. The topological polar surface area (TPSA) is 859 Å². The largest absolute Gasteiger partial charge is 0.480 e. The number of para-hydroxylation sites is 1. The highest BCUT2D eigenvalue weighted by Crippen LogP contribution is 2.27. The van der Waals surface area contributed by atoms with Crippen LogP contribution < -0.4 is 131 Å². The molecule has 0 unspecified atom stereocenters. The molecule has 2 aromatic carbocycles. The van der Waals surface area contributed by atoms with Crippen molar-refractivity contribution < 1.29 is 101 Å². The second-order valence-corrected chi connectivity index (χ2v) is 35.8. The van der Waals surface area contributed by atoms with Crippen LogP contribution in [0.2, 0.25) is 0 Å². The number of primary amides is 3. The molecule has 1 aromatic heterocycles. The molecular formula is C88H140N30O21S. The summed E-state index contributed by atoms with van der Waals surface area (Å²) in [4.78, 5) is 272. The highest BCUT2D eigenvalue weighted by Gasteiger charge is 2.45. The molecule has 52 heteroatoms. The minimum Gasteiger partial charge on any atom is -0.480 e. The molecule has 3 heterocycles. The maximum atomic E-state index is 15.0. The molecule has 2 aliphatic heterocycles. The van der Waals surface area contributed by atoms with Gasteiger partial charge in [-0.05, 0) is 157 Å². The van der Waals surface area contributed by atoms with Gasteiger partial charge in [-0.2, -0.15) is 11.8 Å². The van der Waals surface area contributed by atoms with E-state index in [1.165, 1.54) is 21.6 Å². The van der Waals surface area contributed by atoms with Crippen molar-refractivity contribution in [2.24, 2.45) is 57.7 Å². The Morgan fingerprint density at radius 2 is 0.850 bits per heavy atom. The fraction of sp³-hybridized carbons (Fsp3) is 0.591. The molecular weight excluding hydrogens is 1850 g/mol. The number of nitrogens with one attached hydrogen (secondary N) is 20. The van der Waals surface area contributed by atoms with Crippen molar-refractivity contribution in [3.63, 3.8) is 0 Å². The summed E-state index contributed by atoms with van der Waals surface area (Å²) >= 11 is 1.21. The summed E-state index contributed by atoms with van der Waals surface area (Å²) in [6.45, 7) is 4.88. The first-order valence-electron chi connectivity index (χ1n) is 46.4. The molecule has 2 aliphatic rings. The van der Waals surface area contributed by atoms with E-state index < -0.39 is 271 Å². The number of carbonyl (C=O) groups excluding carboxylic acids is 18. The third kappa shape index (κ3) is 39.8. The number of amides is 18. The third-order valence-electron chi connectivity index (χ3n) is 23.1. The number of aromatic nitrogens is 1. The number of rotatable bonds is 63. The van der Waals surface area contributed by atoms with Crippen LogP contribution in [0.3, 0.4) is 0 Å². The van der Waals surface area contributed by atoms with Gasteiger partial charge in [-0.1, -0.05) is 76.2 Å². The molecule has 18 amide bonds. The first-order valence-corrected chi connectivity index (χ1v) is 47.8. The Morgan fingerprint density at radius 1 is 0.443 bits per heavy atom. The van der Waals surface area contributed by atoms with Gasteiger partial charge in [0.05, 0.1) is 25.6 Å². The summed E-state index contributed by atoms with van der Waals surface area (Å²) in [6.07, 6.45) is 0.587. The number of unbranched alkanes of at least 4 members (excludes halogenated alkanes) is 1. The van der Waals surface area contributed by atoms with Gasteiger partial charge in [-0.25, -0.2) is 4.79 Å². The normalized spacial score (nSPS) is 16.1. The van der Waals surface area contributed by atoms with Gasteiger partial charge in [0, 0.05) is 69.1 Å². The lowest BCUT2D eigenvalue weighted by molar-refractivity contribution is -0.147. The lowest BCUT2D eigenvalue weighted by atomic mass is 10.0. The van der Waals surface area contributed by atoms with E-state index >= 15 is 0 Å². The smallest absolute Gasteiger partial charge is 0.328 e. The highest BCUT2D eigenvalue weighted by atomic mass is 32.2. The number of aliphatic hydroxyl groups is 1. The molecule has 0 saturated carbocycles. The van der Waals surface area contributed by atoms with E-state index in [-0.39, 0.29) is 135 Å². The number of thioether (sulfide) groups is 1. The number of hydrogen-bond donors (Lipinski definition) is 30. The number of guanidine groups is 3. The summed E-state index contributed by atoms with van der Waals surface area (Å²) in [7, 11) is 0. The fourth-order valence-corrected chi connectivity index (χ4v) is 16.0. The second kappa shape index (κ2) is 59.9. The monoisotopic (exact) mass is 1990 g/mol. The lowest BCUT2D eigenvalue weighted by Gasteiger charge is -2.32. The van der Waals surface area contributed by atoms with Gasteiger partial charge in [-0.15, -0.1) is 0 Å². The van der Waals surface area contributed by atoms with Crippen LogP contribution in [0.25, 0.3) is 10.9 Å². The van der Waals surface area contributed by atoms with Gasteiger partial charge in [0.15, 0.2) is 17.9 Å². The Labute approximate surface area is 813 Å². The maximum absolute atomic E-state index is 15.0. The molecule has 51 nitrogen and oxygen atoms in total. The van der Waals surface area contributed by atoms with E-state index in [0.717, 1.165) is 0 Å². The van der Waals surface area contributed by atoms with Crippen molar-refractivity contribution in [2.45, 2.75) is 253 Å². The number of nitrogens with zero attached hydrogens (tertiary/aromatic N) is 2. The SMILES string of the molecule is CSCC[C@H](NC(=O)[C@H](CC(N)=O)NC(=O)[C@H](CCCNC(=N)N)NC(=O)[C@H](CCC(N)=O)NC(=O)[C@H](Cc1c[nH]c2ccccc12)NC(=O)[C@H](CCC(N)=O)NC(=O)[C@@H](N)Cc1ccccc1)C(=O)N[C@@H](CCCNC(=N)N)C(=O)N[C@@H](CCCCN)C(=O)N[C@H](C(=O)N[C@@H](CCCNC(=N)N)C(=O)NCC(=O)N1CCC[C@H]1C(=O)N1CCC[C@H]1C(=O)N[C@H](C(=O)N[C@@H](CO)C(=O)O)C(C)C)C(C)C. The third-order valence-corrected chi connectivity index (χ3v) is 23.8. The molecule has 3 aromatic rings. The molecule has 0 radical (unpaired) electrons. The zero-order valence-corrected chi connectivity index (χ0v) is 80.2. The highest BCUT2D eigenvalue weighted by molar-refractivity contribution is 7.98. The number of carbonyl (C=O) groups is 19. The molecule has 2 fully saturated rings. The van der Waals surface area contributed by atoms with Crippen LogP contribution in [0.15, 0.2) is 60.8 Å². The summed E-state index contributed by atoms with van der Waals surface area (Å²) in [5.41, 5.74) is 47.5. The van der Waals surface area contributed by atoms with Crippen molar-refractivity contribution in [2.75, 3.05) is 64.4 Å². The standard InChI is InChI=1S/C88H140N30O21S/c1-46(2)69(82(135)111-53(23-13-34-100-86(94)95)72(125)104-44-68(123)117-37-17-27-64(117)84(137)118-38-16-26-63(118)81(134)116-70(47(3)4)83(136)114-62(45-119)85(138)139)115-78(131)54(22-11-12-33-89)106-73(126)55(24-14-35-101-87(96)97)108-77(130)59(32-39-140-5)110-80(133)61(42-67(93)122)113-74(127)56(25-15-36-102-88(98)99)107-75(128)58(29-31-66(92)121)109-79(132)60(41-49-43-103-52-21-10-9-20-50(49)52)112-76(129)57(28-30-65(91)120)105-71(124)51(90)40-48-18-7-6-8-19-48/h6-10,18-21,43,46-47,51,53-64,69-70,103,119H,11-17,22-42,44-45,89-90H2,1-5H3,(H2,91,120)(H2,92,121)(H2,93,122)(H,104,125)(H,105,124)(H,106,126)(H,107,128)(H,108,130)(H,109,132)(H,110,133)(H,111,135)(H,112,129)(H,113,127)(H,114,136)(H,115,131)(H,116,134)(H,138,139)(H4,94,95,100)(H4,96,97,101)(H4,98,99,102)/t51-,53-,54-,55-,56-,57-,58-,59-,60-,61-,62-,63-,64-,69-,70-/m0/s1. The number of fused-ring (bicyclic) bond motifs is 1. The van der Waals surface area contributed by atoms with Crippen molar-refractivity contribution in [3.05, 3.63) is 71.9 Å². The first kappa shape index (κ1) is 116. The minimum atomic E-state index is -1.96. The second-order valence-electron chi connectivity index (χ2n) is 34.8. The van der Waals surface area contributed by atoms with Crippen LogP contribution in [0.1, 0.15) is 161 Å². The number of aliphatic carboxylic acids is 1. The van der Waals surface area contributed by atoms with Crippen LogP contribution in [0.5, 0.6) is 0 Å². The number of nitrogens with two attached hydrogens (primary N) is 8. The van der Waals surface area contributed by atoms with Gasteiger partial charge >= 0.3 is 5.97 Å². The summed E-state index contributed by atoms with van der Waals surface area (Å²) in [6, 6.07) is -7.00. The van der Waals surface area contributed by atoms with Crippen molar-refractivity contribution in [1.82, 2.24) is 99.9 Å². The van der Waals surface area contributed by atoms with E-state index in [0.29, 0.717) is 41.3 Å². The van der Waals surface area contributed by atoms with Crippen molar-refractivity contribution in [3.8, 4) is 0 Å². The number of hydrogen-bond acceptors (Lipinski definition) is 26. The fourth-order valence-electron chi connectivity index (χ4n) is 15.5. The molecule has 2 saturated heterocycles. The molecule has 15 atom stereocenters. The zero-order chi connectivity index (χ0) is 104. The Balaban J connectivity index is 1.38. The van der Waals surface area contributed by atoms with Gasteiger partial charge in [0.25, 0.3) is 0 Å². The number of carboxylic acids is 1. The average molecular weight is 1990 g/mol. The number of benzene rings is 2. The Kier molecular flexibility index (Phi) is 49.9. The van der Waals surface area contributed by atoms with Gasteiger partial charge in [-0.3, -0.25) is 103 Å². The number of aromatic amines is 1. The first-order chi connectivity index (χ1) is 66.4. The van der Waals surface area contributed by atoms with E-state index in [9.17, 15) is 101 Å². The van der Waals surface area contributed by atoms with Crippen LogP contribution in [0.4, 0.5) is 0 Å². The number of H-pyrrole nitrogens is 1. The Bertz CT molecular complexity index is 4800. The molecule has 0 bridgehead atoms. The maximum Gasteiger partial charge on any atom is 0.328 e. The summed E-state index contributed by atoms with van der Waals surface area (Å²) in [5, 5.41) is 83.6. The van der Waals surface area contributed by atoms with Gasteiger partial charge in [0.2, 0.25) is 106 Å². The zero-order valence-electron chi connectivity index (χ0n) is 79.4.